The van der Waals surface area contributed by atoms with Crippen molar-refractivity contribution in [3.63, 3.8) is 0 Å². The average molecular weight is 684 g/mol. The fourth-order valence-electron chi connectivity index (χ4n) is 6.35. The van der Waals surface area contributed by atoms with Gasteiger partial charge in [-0.05, 0) is 60.8 Å². The van der Waals surface area contributed by atoms with E-state index in [-0.39, 0.29) is 52.7 Å². The summed E-state index contributed by atoms with van der Waals surface area (Å²) in [6.07, 6.45) is 7.45. The van der Waals surface area contributed by atoms with Gasteiger partial charge in [0, 0.05) is 30.3 Å². The predicted octanol–water partition coefficient (Wildman–Crippen LogP) is 6.69. The Hall–Kier alpha value is -4.58. The Labute approximate surface area is 289 Å². The van der Waals surface area contributed by atoms with Crippen LogP contribution in [0.2, 0.25) is 0 Å². The zero-order valence-corrected chi connectivity index (χ0v) is 29.9. The van der Waals surface area contributed by atoms with Crippen LogP contribution >= 0.6 is 0 Å². The second-order valence-electron chi connectivity index (χ2n) is 14.5. The van der Waals surface area contributed by atoms with Gasteiger partial charge in [-0.25, -0.2) is 23.1 Å². The summed E-state index contributed by atoms with van der Waals surface area (Å²) in [6, 6.07) is 15.7. The van der Waals surface area contributed by atoms with Crippen LogP contribution in [0.15, 0.2) is 71.9 Å². The molecule has 4 aromatic rings. The van der Waals surface area contributed by atoms with Gasteiger partial charge < -0.3 is 14.5 Å². The Bertz CT molecular complexity index is 1940. The van der Waals surface area contributed by atoms with E-state index in [2.05, 4.69) is 59.2 Å². The SMILES string of the molecule is CC(C)c1ccccc1-c1cc2nc(n1)NS(=O)(=O)c1cccc(c1)C(=O)N(Cc1cncc(N(C)C3CCC3)n1)[C@H](CC(C)(C)C)CO2. The number of carbonyl (C=O) groups excluding carboxylic acids is 1. The number of sulfonamides is 1. The highest BCUT2D eigenvalue weighted by Crippen LogP contribution is 2.33. The third kappa shape index (κ3) is 7.85. The number of ether oxygens (including phenoxy) is 1. The summed E-state index contributed by atoms with van der Waals surface area (Å²) < 4.78 is 36.4. The number of anilines is 2. The number of benzene rings is 2. The van der Waals surface area contributed by atoms with Crippen molar-refractivity contribution in [2.75, 3.05) is 23.3 Å². The maximum absolute atomic E-state index is 14.5. The molecule has 1 atom stereocenters. The molecule has 2 aromatic heterocycles. The summed E-state index contributed by atoms with van der Waals surface area (Å²) in [6.45, 7) is 10.8. The van der Waals surface area contributed by atoms with E-state index in [1.165, 1.54) is 18.6 Å². The van der Waals surface area contributed by atoms with Gasteiger partial charge in [-0.15, -0.1) is 0 Å². The molecule has 49 heavy (non-hydrogen) atoms. The Morgan fingerprint density at radius 3 is 2.51 bits per heavy atom. The lowest BCUT2D eigenvalue weighted by Crippen LogP contribution is -2.45. The lowest BCUT2D eigenvalue weighted by Gasteiger charge is -2.36. The molecule has 1 amide bonds. The van der Waals surface area contributed by atoms with Gasteiger partial charge in [0.05, 0.1) is 41.3 Å². The third-order valence-corrected chi connectivity index (χ3v) is 10.5. The summed E-state index contributed by atoms with van der Waals surface area (Å²) in [5.74, 6) is 0.693. The first-order chi connectivity index (χ1) is 23.3. The molecular formula is C37H45N7O4S. The number of nitrogens with one attached hydrogen (secondary N) is 1. The Morgan fingerprint density at radius 2 is 1.80 bits per heavy atom. The van der Waals surface area contributed by atoms with Gasteiger partial charge in [0.15, 0.2) is 0 Å². The molecule has 3 heterocycles. The molecule has 1 aliphatic heterocycles. The van der Waals surface area contributed by atoms with E-state index in [4.69, 9.17) is 9.72 Å². The van der Waals surface area contributed by atoms with Crippen LogP contribution in [-0.2, 0) is 16.6 Å². The van der Waals surface area contributed by atoms with Gasteiger partial charge >= 0.3 is 0 Å². The third-order valence-electron chi connectivity index (χ3n) is 9.14. The monoisotopic (exact) mass is 683 g/mol. The predicted molar refractivity (Wildman–Crippen MR) is 190 cm³/mol. The summed E-state index contributed by atoms with van der Waals surface area (Å²) in [4.78, 5) is 36.9. The topological polar surface area (TPSA) is 131 Å². The minimum absolute atomic E-state index is 0.0760. The molecule has 0 saturated heterocycles. The number of amides is 1. The smallest absolute Gasteiger partial charge is 0.264 e. The van der Waals surface area contributed by atoms with Crippen molar-refractivity contribution in [2.24, 2.45) is 5.41 Å². The zero-order valence-electron chi connectivity index (χ0n) is 29.1. The molecule has 4 bridgehead atoms. The van der Waals surface area contributed by atoms with E-state index < -0.39 is 16.1 Å². The quantitative estimate of drug-likeness (QED) is 0.227. The van der Waals surface area contributed by atoms with Crippen molar-refractivity contribution < 1.29 is 17.9 Å². The first kappa shape index (κ1) is 34.3. The molecule has 0 unspecified atom stereocenters. The zero-order chi connectivity index (χ0) is 34.9. The van der Waals surface area contributed by atoms with Gasteiger partial charge in [-0.1, -0.05) is 65.0 Å². The second kappa shape index (κ2) is 13.7. The van der Waals surface area contributed by atoms with Crippen LogP contribution in [0.1, 0.15) is 87.8 Å². The minimum atomic E-state index is -4.18. The molecule has 1 saturated carbocycles. The minimum Gasteiger partial charge on any atom is -0.475 e. The van der Waals surface area contributed by atoms with Gasteiger partial charge in [0.25, 0.3) is 15.9 Å². The fourth-order valence-corrected chi connectivity index (χ4v) is 7.34. The maximum atomic E-state index is 14.5. The first-order valence-electron chi connectivity index (χ1n) is 16.9. The van der Waals surface area contributed by atoms with Crippen LogP contribution in [0.3, 0.4) is 0 Å². The molecule has 0 spiro atoms. The van der Waals surface area contributed by atoms with E-state index in [0.717, 1.165) is 29.8 Å². The fraction of sp³-hybridized carbons (Fsp3) is 0.432. The van der Waals surface area contributed by atoms with Gasteiger partial charge in [0.1, 0.15) is 12.4 Å². The largest absolute Gasteiger partial charge is 0.475 e. The Balaban J connectivity index is 1.46. The molecule has 1 fully saturated rings. The van der Waals surface area contributed by atoms with Crippen molar-refractivity contribution in [3.8, 4) is 17.1 Å². The molecule has 11 nitrogen and oxygen atoms in total. The van der Waals surface area contributed by atoms with Crippen LogP contribution in [0.4, 0.5) is 11.8 Å². The molecule has 258 valence electrons. The molecule has 2 aliphatic rings. The Morgan fingerprint density at radius 1 is 1.02 bits per heavy atom. The first-order valence-corrected chi connectivity index (χ1v) is 18.3. The van der Waals surface area contributed by atoms with E-state index in [0.29, 0.717) is 23.9 Å². The summed E-state index contributed by atoms with van der Waals surface area (Å²) in [7, 11) is -2.15. The van der Waals surface area contributed by atoms with Crippen LogP contribution in [0, 0.1) is 5.41 Å². The normalized spacial score (nSPS) is 18.0. The van der Waals surface area contributed by atoms with Crippen LogP contribution in [-0.4, -0.2) is 64.9 Å². The second-order valence-corrected chi connectivity index (χ2v) is 16.2. The number of fused-ring (bicyclic) bond motifs is 4. The highest BCUT2D eigenvalue weighted by atomic mass is 32.2. The molecule has 1 aliphatic carbocycles. The lowest BCUT2D eigenvalue weighted by atomic mass is 9.87. The van der Waals surface area contributed by atoms with Crippen molar-refractivity contribution >= 4 is 27.7 Å². The van der Waals surface area contributed by atoms with E-state index in [9.17, 15) is 13.2 Å². The van der Waals surface area contributed by atoms with Crippen LogP contribution in [0.5, 0.6) is 5.88 Å². The summed E-state index contributed by atoms with van der Waals surface area (Å²) in [5.41, 5.74) is 3.10. The molecule has 12 heteroatoms. The molecule has 6 rings (SSSR count). The number of nitrogens with zero attached hydrogens (tertiary/aromatic N) is 6. The highest BCUT2D eigenvalue weighted by molar-refractivity contribution is 7.92. The molecule has 1 N–H and O–H groups in total. The number of aromatic nitrogens is 4. The number of hydrogen-bond acceptors (Lipinski definition) is 9. The molecule has 0 radical (unpaired) electrons. The van der Waals surface area contributed by atoms with Crippen molar-refractivity contribution in [3.05, 3.63) is 83.8 Å². The van der Waals surface area contributed by atoms with E-state index in [1.54, 1.807) is 35.5 Å². The average Bonchev–Trinajstić information content (AvgIpc) is 3.03. The number of hydrogen-bond donors (Lipinski definition) is 1. The Kier molecular flexibility index (Phi) is 9.61. The number of rotatable bonds is 7. The van der Waals surface area contributed by atoms with Crippen LogP contribution in [0.25, 0.3) is 11.3 Å². The molecular weight excluding hydrogens is 639 g/mol. The lowest BCUT2D eigenvalue weighted by molar-refractivity contribution is 0.0509. The summed E-state index contributed by atoms with van der Waals surface area (Å²) >= 11 is 0. The highest BCUT2D eigenvalue weighted by Gasteiger charge is 2.32. The number of carbonyl (C=O) groups is 1. The standard InChI is InChI=1S/C37H45N7O4S/c1-24(2)30-15-7-8-16-31(30)32-18-34-41-36(40-32)42-49(46,47)29-14-9-11-25(17-29)35(45)44(28(23-48-34)19-37(3,4)5)22-26-20-38-21-33(39-26)43(6)27-12-10-13-27/h7-9,11,14-18,20-21,24,27-28H,10,12-13,19,22-23H2,1-6H3,(H,40,41,42)/t28-/m1/s1. The maximum Gasteiger partial charge on any atom is 0.264 e. The van der Waals surface area contributed by atoms with E-state index >= 15 is 0 Å². The van der Waals surface area contributed by atoms with Crippen LogP contribution < -0.4 is 14.4 Å². The summed E-state index contributed by atoms with van der Waals surface area (Å²) in [5, 5.41) is 0. The van der Waals surface area contributed by atoms with Gasteiger partial charge in [-0.2, -0.15) is 4.98 Å². The van der Waals surface area contributed by atoms with Crippen molar-refractivity contribution in [2.45, 2.75) is 89.7 Å². The van der Waals surface area contributed by atoms with Gasteiger partial charge in [-0.3, -0.25) is 9.78 Å². The van der Waals surface area contributed by atoms with E-state index in [1.807, 2.05) is 31.3 Å². The van der Waals surface area contributed by atoms with Gasteiger partial charge in [0.2, 0.25) is 11.8 Å². The molecule has 2 aromatic carbocycles. The van der Waals surface area contributed by atoms with Crippen molar-refractivity contribution in [1.29, 1.82) is 0 Å². The van der Waals surface area contributed by atoms with Crippen molar-refractivity contribution in [1.82, 2.24) is 24.8 Å².